The van der Waals surface area contributed by atoms with Crippen LogP contribution in [-0.4, -0.2) is 24.9 Å². The molecule has 0 aliphatic carbocycles. The van der Waals surface area contributed by atoms with Crippen molar-refractivity contribution >= 4 is 5.71 Å². The number of nitrogens with zero attached hydrogens (tertiary/aromatic N) is 1. The molecule has 0 aromatic heterocycles. The maximum absolute atomic E-state index is 5.54. The van der Waals surface area contributed by atoms with E-state index in [9.17, 15) is 0 Å². The van der Waals surface area contributed by atoms with Crippen LogP contribution in [0.2, 0.25) is 0 Å². The molecule has 0 fully saturated rings. The van der Waals surface area contributed by atoms with Crippen LogP contribution in [0.4, 0.5) is 0 Å². The van der Waals surface area contributed by atoms with Crippen molar-refractivity contribution in [3.8, 4) is 0 Å². The van der Waals surface area contributed by atoms with Gasteiger partial charge >= 0.3 is 0 Å². The fourth-order valence-electron chi connectivity index (χ4n) is 1.43. The predicted molar refractivity (Wildman–Crippen MR) is 70.9 cm³/mol. The number of unbranched alkanes of at least 4 members (excludes halogenated alkanes) is 1. The molecule has 3 heteroatoms. The van der Waals surface area contributed by atoms with Crippen LogP contribution in [0.25, 0.3) is 0 Å². The minimum absolute atomic E-state index is 0.312. The van der Waals surface area contributed by atoms with Crippen LogP contribution in [0.15, 0.2) is 17.3 Å². The third-order valence-corrected chi connectivity index (χ3v) is 2.28. The summed E-state index contributed by atoms with van der Waals surface area (Å²) >= 11 is 0. The summed E-state index contributed by atoms with van der Waals surface area (Å²) in [5.41, 5.74) is 6.52. The highest BCUT2D eigenvalue weighted by atomic mass is 16.5. The first-order valence-corrected chi connectivity index (χ1v) is 6.11. The summed E-state index contributed by atoms with van der Waals surface area (Å²) in [7, 11) is 0. The third kappa shape index (κ3) is 8.48. The smallest absolute Gasteiger partial charge is 0.0909 e. The molecule has 0 heterocycles. The number of hydrogen-bond acceptors (Lipinski definition) is 3. The molecule has 0 amide bonds. The van der Waals surface area contributed by atoms with Gasteiger partial charge in [0.2, 0.25) is 0 Å². The van der Waals surface area contributed by atoms with Crippen LogP contribution in [0.1, 0.15) is 46.5 Å². The van der Waals surface area contributed by atoms with Crippen molar-refractivity contribution in [1.29, 1.82) is 0 Å². The molecule has 0 rings (SSSR count). The van der Waals surface area contributed by atoms with E-state index >= 15 is 0 Å². The van der Waals surface area contributed by atoms with Gasteiger partial charge in [-0.1, -0.05) is 13.5 Å². The molecular formula is C13H26N2O. The molecule has 2 N–H and O–H groups in total. The molecule has 1 atom stereocenters. The lowest BCUT2D eigenvalue weighted by Gasteiger charge is -2.14. The molecule has 0 aromatic rings. The second kappa shape index (κ2) is 9.40. The van der Waals surface area contributed by atoms with E-state index < -0.39 is 0 Å². The first kappa shape index (κ1) is 15.2. The van der Waals surface area contributed by atoms with Gasteiger partial charge in [0.1, 0.15) is 0 Å². The molecule has 16 heavy (non-hydrogen) atoms. The summed E-state index contributed by atoms with van der Waals surface area (Å²) in [6, 6.07) is 0.312. The fourth-order valence-corrected chi connectivity index (χ4v) is 1.43. The Bertz CT molecular complexity index is 220. The van der Waals surface area contributed by atoms with Gasteiger partial charge in [-0.05, 0) is 39.7 Å². The maximum atomic E-state index is 5.54. The van der Waals surface area contributed by atoms with Gasteiger partial charge in [-0.25, -0.2) is 0 Å². The zero-order valence-electron chi connectivity index (χ0n) is 11.0. The van der Waals surface area contributed by atoms with Crippen LogP contribution >= 0.6 is 0 Å². The van der Waals surface area contributed by atoms with E-state index in [4.69, 9.17) is 10.5 Å². The highest BCUT2D eigenvalue weighted by Crippen LogP contribution is 2.12. The van der Waals surface area contributed by atoms with Gasteiger partial charge in [-0.15, -0.1) is 0 Å². The summed E-state index contributed by atoms with van der Waals surface area (Å²) in [5.74, 6) is 0.842. The Balaban J connectivity index is 3.79. The molecule has 0 bridgehead atoms. The van der Waals surface area contributed by atoms with Gasteiger partial charge in [0, 0.05) is 12.1 Å². The van der Waals surface area contributed by atoms with Crippen LogP contribution in [0.3, 0.4) is 0 Å². The fraction of sp³-hybridized carbons (Fsp3) is 0.769. The zero-order valence-corrected chi connectivity index (χ0v) is 11.0. The Labute approximate surface area is 99.8 Å². The van der Waals surface area contributed by atoms with Crippen molar-refractivity contribution in [3.05, 3.63) is 12.3 Å². The first-order valence-electron chi connectivity index (χ1n) is 6.11. The van der Waals surface area contributed by atoms with Crippen molar-refractivity contribution < 1.29 is 4.74 Å². The Morgan fingerprint density at radius 3 is 2.56 bits per heavy atom. The monoisotopic (exact) mass is 226 g/mol. The Morgan fingerprint density at radius 2 is 2.06 bits per heavy atom. The van der Waals surface area contributed by atoms with Crippen LogP contribution in [0.5, 0.6) is 0 Å². The first-order chi connectivity index (χ1) is 7.60. The van der Waals surface area contributed by atoms with Gasteiger partial charge < -0.3 is 10.5 Å². The largest absolute Gasteiger partial charge is 0.498 e. The molecule has 1 unspecified atom stereocenters. The standard InChI is InChI=1S/C13H26N2O/c1-5-13(15-11(2)3)10-12(4)16-9-7-6-8-14/h13H,4-10,14H2,1-3H3. The van der Waals surface area contributed by atoms with Crippen molar-refractivity contribution in [2.24, 2.45) is 10.7 Å². The number of rotatable bonds is 9. The molecule has 0 saturated carbocycles. The molecule has 94 valence electrons. The lowest BCUT2D eigenvalue weighted by Crippen LogP contribution is -2.08. The SMILES string of the molecule is C=C(CC(CC)N=C(C)C)OCCCCN. The molecular weight excluding hydrogens is 200 g/mol. The summed E-state index contributed by atoms with van der Waals surface area (Å²) in [6.07, 6.45) is 3.86. The van der Waals surface area contributed by atoms with E-state index in [0.29, 0.717) is 6.04 Å². The molecule has 3 nitrogen and oxygen atoms in total. The van der Waals surface area contributed by atoms with Gasteiger partial charge in [-0.3, -0.25) is 4.99 Å². The van der Waals surface area contributed by atoms with E-state index in [1.54, 1.807) is 0 Å². The summed E-state index contributed by atoms with van der Waals surface area (Å²) in [6.45, 7) is 11.6. The molecule has 0 saturated heterocycles. The third-order valence-electron chi connectivity index (χ3n) is 2.28. The maximum Gasteiger partial charge on any atom is 0.0909 e. The van der Waals surface area contributed by atoms with Crippen molar-refractivity contribution in [3.63, 3.8) is 0 Å². The zero-order chi connectivity index (χ0) is 12.4. The second-order valence-electron chi connectivity index (χ2n) is 4.23. The lowest BCUT2D eigenvalue weighted by atomic mass is 10.1. The molecule has 0 aromatic carbocycles. The molecule has 0 spiro atoms. The lowest BCUT2D eigenvalue weighted by molar-refractivity contribution is 0.194. The minimum Gasteiger partial charge on any atom is -0.498 e. The van der Waals surface area contributed by atoms with Crippen molar-refractivity contribution in [2.45, 2.75) is 52.5 Å². The van der Waals surface area contributed by atoms with E-state index in [2.05, 4.69) is 18.5 Å². The number of ether oxygens (including phenoxy) is 1. The quantitative estimate of drug-likeness (QED) is 0.373. The van der Waals surface area contributed by atoms with Crippen LogP contribution in [0, 0.1) is 0 Å². The predicted octanol–water partition coefficient (Wildman–Crippen LogP) is 2.91. The van der Waals surface area contributed by atoms with Crippen molar-refractivity contribution in [2.75, 3.05) is 13.2 Å². The average molecular weight is 226 g/mol. The summed E-state index contributed by atoms with van der Waals surface area (Å²) in [4.78, 5) is 4.54. The normalized spacial score (nSPS) is 12.0. The van der Waals surface area contributed by atoms with Gasteiger partial charge in [0.05, 0.1) is 18.4 Å². The average Bonchev–Trinajstić information content (AvgIpc) is 2.23. The van der Waals surface area contributed by atoms with Crippen molar-refractivity contribution in [1.82, 2.24) is 0 Å². The van der Waals surface area contributed by atoms with E-state index in [1.807, 2.05) is 13.8 Å². The van der Waals surface area contributed by atoms with Crippen LogP contribution < -0.4 is 5.73 Å². The topological polar surface area (TPSA) is 47.6 Å². The Hall–Kier alpha value is -0.830. The van der Waals surface area contributed by atoms with E-state index in [1.165, 1.54) is 0 Å². The Morgan fingerprint density at radius 1 is 1.38 bits per heavy atom. The Kier molecular flexibility index (Phi) is 8.91. The number of nitrogens with two attached hydrogens (primary N) is 1. The highest BCUT2D eigenvalue weighted by Gasteiger charge is 2.07. The van der Waals surface area contributed by atoms with E-state index in [0.717, 1.165) is 50.3 Å². The highest BCUT2D eigenvalue weighted by molar-refractivity contribution is 5.79. The minimum atomic E-state index is 0.312. The molecule has 0 aliphatic heterocycles. The van der Waals surface area contributed by atoms with Gasteiger partial charge in [-0.2, -0.15) is 0 Å². The van der Waals surface area contributed by atoms with Gasteiger partial charge in [0.15, 0.2) is 0 Å². The second-order valence-corrected chi connectivity index (χ2v) is 4.23. The number of aliphatic imine (C=N–C) groups is 1. The number of hydrogen-bond donors (Lipinski definition) is 1. The molecule has 0 aliphatic rings. The van der Waals surface area contributed by atoms with Crippen LogP contribution in [-0.2, 0) is 4.74 Å². The summed E-state index contributed by atoms with van der Waals surface area (Å²) < 4.78 is 5.54. The summed E-state index contributed by atoms with van der Waals surface area (Å²) in [5, 5.41) is 0. The molecule has 0 radical (unpaired) electrons. The van der Waals surface area contributed by atoms with Gasteiger partial charge in [0.25, 0.3) is 0 Å². The van der Waals surface area contributed by atoms with E-state index in [-0.39, 0.29) is 0 Å².